The van der Waals surface area contributed by atoms with Crippen LogP contribution in [-0.4, -0.2) is 26.9 Å². The third-order valence-corrected chi connectivity index (χ3v) is 6.33. The number of carbonyl (C=O) groups is 1. The predicted octanol–water partition coefficient (Wildman–Crippen LogP) is 5.85. The van der Waals surface area contributed by atoms with E-state index in [1.165, 1.54) is 5.56 Å². The summed E-state index contributed by atoms with van der Waals surface area (Å²) >= 11 is 0. The van der Waals surface area contributed by atoms with Crippen LogP contribution in [0.4, 0.5) is 10.5 Å². The van der Waals surface area contributed by atoms with E-state index in [4.69, 9.17) is 0 Å². The van der Waals surface area contributed by atoms with Gasteiger partial charge in [0.2, 0.25) is 0 Å². The minimum Gasteiger partial charge on any atom is -0.316 e. The lowest BCUT2D eigenvalue weighted by Gasteiger charge is -2.37. The Kier molecular flexibility index (Phi) is 6.60. The number of aryl methyl sites for hydroxylation is 2. The van der Waals surface area contributed by atoms with Crippen molar-refractivity contribution in [3.05, 3.63) is 89.5 Å². The number of rotatable bonds is 5. The van der Waals surface area contributed by atoms with Crippen LogP contribution in [0, 0.1) is 13.8 Å². The summed E-state index contributed by atoms with van der Waals surface area (Å²) in [6, 6.07) is 16.9. The van der Waals surface area contributed by atoms with E-state index in [9.17, 15) is 4.79 Å². The average Bonchev–Trinajstić information content (AvgIpc) is 2.81. The summed E-state index contributed by atoms with van der Waals surface area (Å²) in [5.41, 5.74) is 5.25. The number of nitrogens with zero attached hydrogens (tertiary/aromatic N) is 3. The zero-order valence-corrected chi connectivity index (χ0v) is 18.3. The molecule has 0 aliphatic heterocycles. The van der Waals surface area contributed by atoms with E-state index in [0.717, 1.165) is 48.2 Å². The smallest absolute Gasteiger partial charge is 0.316 e. The fraction of sp³-hybridized carbons (Fsp3) is 0.346. The molecule has 31 heavy (non-hydrogen) atoms. The van der Waals surface area contributed by atoms with E-state index < -0.39 is 0 Å². The number of para-hydroxylation sites is 1. The number of hydrogen-bond acceptors (Lipinski definition) is 3. The van der Waals surface area contributed by atoms with Gasteiger partial charge in [0.25, 0.3) is 0 Å². The molecular formula is C26H30N4O. The van der Waals surface area contributed by atoms with Crippen LogP contribution in [0.2, 0.25) is 0 Å². The largest absolute Gasteiger partial charge is 0.322 e. The van der Waals surface area contributed by atoms with E-state index in [-0.39, 0.29) is 12.1 Å². The summed E-state index contributed by atoms with van der Waals surface area (Å²) in [6.45, 7) is 4.52. The monoisotopic (exact) mass is 414 g/mol. The fourth-order valence-electron chi connectivity index (χ4n) is 4.59. The molecule has 1 aromatic heterocycles. The zero-order chi connectivity index (χ0) is 21.6. The van der Waals surface area contributed by atoms with Gasteiger partial charge in [-0.25, -0.2) is 4.79 Å². The van der Waals surface area contributed by atoms with Crippen LogP contribution >= 0.6 is 0 Å². The van der Waals surface area contributed by atoms with Crippen LogP contribution in [0.15, 0.2) is 67.1 Å². The molecule has 1 N–H and O–H groups in total. The number of amides is 2. The maximum atomic E-state index is 13.4. The Morgan fingerprint density at radius 1 is 0.968 bits per heavy atom. The van der Waals surface area contributed by atoms with E-state index in [0.29, 0.717) is 12.5 Å². The quantitative estimate of drug-likeness (QED) is 0.569. The van der Waals surface area contributed by atoms with Gasteiger partial charge in [-0.2, -0.15) is 0 Å². The van der Waals surface area contributed by atoms with Crippen LogP contribution < -0.4 is 5.32 Å². The van der Waals surface area contributed by atoms with Gasteiger partial charge < -0.3 is 10.2 Å². The normalized spacial score (nSPS) is 18.4. The second-order valence-electron chi connectivity index (χ2n) is 8.44. The highest BCUT2D eigenvalue weighted by Gasteiger charge is 2.30. The number of nitrogens with one attached hydrogen (secondary N) is 1. The molecular weight excluding hydrogens is 384 g/mol. The second kappa shape index (κ2) is 9.73. The highest BCUT2D eigenvalue weighted by molar-refractivity contribution is 5.91. The Labute approximate surface area is 184 Å². The van der Waals surface area contributed by atoms with Gasteiger partial charge in [0, 0.05) is 24.1 Å². The summed E-state index contributed by atoms with van der Waals surface area (Å²) < 4.78 is 0. The predicted molar refractivity (Wildman–Crippen MR) is 124 cm³/mol. The molecule has 0 atom stereocenters. The van der Waals surface area contributed by atoms with Crippen LogP contribution in [0.3, 0.4) is 0 Å². The number of aromatic nitrogens is 2. The molecule has 1 aliphatic carbocycles. The van der Waals surface area contributed by atoms with Crippen molar-refractivity contribution >= 4 is 11.7 Å². The highest BCUT2D eigenvalue weighted by atomic mass is 16.2. The molecule has 3 aromatic rings. The number of benzene rings is 2. The number of hydrogen-bond donors (Lipinski definition) is 1. The number of carbonyl (C=O) groups excluding carboxylic acids is 1. The van der Waals surface area contributed by atoms with Crippen LogP contribution in [0.5, 0.6) is 0 Å². The van der Waals surface area contributed by atoms with Crippen LogP contribution in [0.25, 0.3) is 0 Å². The van der Waals surface area contributed by atoms with Gasteiger partial charge in [0.1, 0.15) is 0 Å². The molecule has 4 rings (SSSR count). The molecule has 0 unspecified atom stereocenters. The van der Waals surface area contributed by atoms with Gasteiger partial charge in [-0.15, -0.1) is 0 Å². The van der Waals surface area contributed by atoms with Crippen LogP contribution in [-0.2, 0) is 6.54 Å². The Morgan fingerprint density at radius 3 is 2.32 bits per heavy atom. The molecule has 2 amide bonds. The van der Waals surface area contributed by atoms with Gasteiger partial charge in [0.05, 0.1) is 18.4 Å². The van der Waals surface area contributed by atoms with Gasteiger partial charge >= 0.3 is 6.03 Å². The maximum absolute atomic E-state index is 13.4. The van der Waals surface area contributed by atoms with Gasteiger partial charge in [-0.05, 0) is 62.1 Å². The first kappa shape index (κ1) is 21.0. The van der Waals surface area contributed by atoms with Gasteiger partial charge in [-0.1, -0.05) is 48.5 Å². The molecule has 1 fully saturated rings. The molecule has 0 radical (unpaired) electrons. The molecule has 5 nitrogen and oxygen atoms in total. The van der Waals surface area contributed by atoms with E-state index in [2.05, 4.69) is 45.6 Å². The SMILES string of the molecule is Cc1cccc(C)c1NC(=O)N(Cc1cnccn1)C1CCC(c2ccccc2)CC1. The summed E-state index contributed by atoms with van der Waals surface area (Å²) in [7, 11) is 0. The first-order valence-corrected chi connectivity index (χ1v) is 11.1. The number of urea groups is 1. The lowest BCUT2D eigenvalue weighted by molar-refractivity contribution is 0.157. The van der Waals surface area contributed by atoms with Gasteiger partial charge in [0.15, 0.2) is 0 Å². The molecule has 1 aliphatic rings. The Balaban J connectivity index is 1.51. The van der Waals surface area contributed by atoms with E-state index in [1.807, 2.05) is 36.9 Å². The fourth-order valence-corrected chi connectivity index (χ4v) is 4.59. The molecule has 2 aromatic carbocycles. The average molecular weight is 415 g/mol. The van der Waals surface area contributed by atoms with E-state index >= 15 is 0 Å². The Morgan fingerprint density at radius 2 is 1.68 bits per heavy atom. The summed E-state index contributed by atoms with van der Waals surface area (Å²) in [5, 5.41) is 3.18. The van der Waals surface area contributed by atoms with E-state index in [1.54, 1.807) is 18.6 Å². The van der Waals surface area contributed by atoms with Crippen molar-refractivity contribution in [2.45, 2.75) is 58.0 Å². The van der Waals surface area contributed by atoms with Crippen molar-refractivity contribution in [2.75, 3.05) is 5.32 Å². The van der Waals surface area contributed by atoms with Crippen molar-refractivity contribution in [2.24, 2.45) is 0 Å². The molecule has 1 heterocycles. The molecule has 0 bridgehead atoms. The highest BCUT2D eigenvalue weighted by Crippen LogP contribution is 2.35. The standard InChI is InChI=1S/C26H30N4O/c1-19-7-6-8-20(2)25(19)29-26(31)30(18-23-17-27-15-16-28-23)24-13-11-22(12-14-24)21-9-4-3-5-10-21/h3-10,15-17,22,24H,11-14,18H2,1-2H3,(H,29,31). The van der Waals surface area contributed by atoms with Crippen molar-refractivity contribution in [1.29, 1.82) is 0 Å². The molecule has 1 saturated carbocycles. The van der Waals surface area contributed by atoms with Crippen molar-refractivity contribution in [3.8, 4) is 0 Å². The Bertz CT molecular complexity index is 978. The summed E-state index contributed by atoms with van der Waals surface area (Å²) in [6.07, 6.45) is 9.23. The van der Waals surface area contributed by atoms with Crippen molar-refractivity contribution in [3.63, 3.8) is 0 Å². The third kappa shape index (κ3) is 5.10. The molecule has 160 valence electrons. The summed E-state index contributed by atoms with van der Waals surface area (Å²) in [5.74, 6) is 0.567. The number of anilines is 1. The third-order valence-electron chi connectivity index (χ3n) is 6.33. The minimum atomic E-state index is -0.0637. The zero-order valence-electron chi connectivity index (χ0n) is 18.3. The van der Waals surface area contributed by atoms with Crippen molar-refractivity contribution < 1.29 is 4.79 Å². The first-order chi connectivity index (χ1) is 15.1. The Hall–Kier alpha value is -3.21. The molecule has 5 heteroatoms. The lowest BCUT2D eigenvalue weighted by Crippen LogP contribution is -2.44. The first-order valence-electron chi connectivity index (χ1n) is 11.1. The minimum absolute atomic E-state index is 0.0637. The maximum Gasteiger partial charge on any atom is 0.322 e. The summed E-state index contributed by atoms with van der Waals surface area (Å²) in [4.78, 5) is 24.0. The van der Waals surface area contributed by atoms with Crippen LogP contribution in [0.1, 0.15) is 54.0 Å². The lowest BCUT2D eigenvalue weighted by atomic mass is 9.81. The topological polar surface area (TPSA) is 58.1 Å². The second-order valence-corrected chi connectivity index (χ2v) is 8.44. The van der Waals surface area contributed by atoms with Gasteiger partial charge in [-0.3, -0.25) is 9.97 Å². The molecule has 0 saturated heterocycles. The molecule has 0 spiro atoms. The van der Waals surface area contributed by atoms with Crippen molar-refractivity contribution in [1.82, 2.24) is 14.9 Å².